The van der Waals surface area contributed by atoms with E-state index in [1.165, 1.54) is 167 Å². The molecule has 0 aromatic carbocycles. The van der Waals surface area contributed by atoms with Gasteiger partial charge in [-0.15, -0.1) is 0 Å². The highest BCUT2D eigenvalue weighted by Crippen LogP contribution is 2.15. The molecule has 0 spiro atoms. The van der Waals surface area contributed by atoms with Gasteiger partial charge in [-0.1, -0.05) is 248 Å². The first-order valence-electron chi connectivity index (χ1n) is 29.3. The monoisotopic (exact) mass is 951 g/mol. The zero-order valence-electron chi connectivity index (χ0n) is 45.1. The summed E-state index contributed by atoms with van der Waals surface area (Å²) >= 11 is 0. The predicted octanol–water partition coefficient (Wildman–Crippen LogP) is 19.6. The molecule has 6 nitrogen and oxygen atoms in total. The second kappa shape index (κ2) is 56.7. The minimum Gasteiger partial charge on any atom is -0.462 e. The van der Waals surface area contributed by atoms with Crippen molar-refractivity contribution in [2.75, 3.05) is 13.2 Å². The molecule has 0 saturated heterocycles. The Bertz CT molecular complexity index is 1230. The lowest BCUT2D eigenvalue weighted by Crippen LogP contribution is -2.30. The fourth-order valence-electron chi connectivity index (χ4n) is 8.30. The summed E-state index contributed by atoms with van der Waals surface area (Å²) < 4.78 is 16.8. The van der Waals surface area contributed by atoms with E-state index >= 15 is 0 Å². The molecule has 6 heteroatoms. The zero-order valence-corrected chi connectivity index (χ0v) is 45.1. The average molecular weight is 952 g/mol. The van der Waals surface area contributed by atoms with Crippen LogP contribution in [0.3, 0.4) is 0 Å². The highest BCUT2D eigenvalue weighted by atomic mass is 16.6. The Morgan fingerprint density at radius 1 is 0.294 bits per heavy atom. The molecule has 1 unspecified atom stereocenters. The van der Waals surface area contributed by atoms with E-state index in [1.54, 1.807) is 0 Å². The van der Waals surface area contributed by atoms with Crippen molar-refractivity contribution in [2.24, 2.45) is 0 Å². The molecule has 0 aromatic rings. The Balaban J connectivity index is 4.23. The number of rotatable bonds is 53. The van der Waals surface area contributed by atoms with Gasteiger partial charge in [0.2, 0.25) is 0 Å². The Kier molecular flexibility index (Phi) is 54.3. The SMILES string of the molecule is CCCCC/C=C\C/C=C\C/C=C\CCCCCCCCC(=O)OC(COC(=O)CCCCCCCCCC)COC(=O)CCCCCCCCCCCCC/C=C\C/C=C\CCCCCCC. The van der Waals surface area contributed by atoms with Gasteiger partial charge in [-0.2, -0.15) is 0 Å². The number of allylic oxidation sites excluding steroid dienone is 10. The second-order valence-corrected chi connectivity index (χ2v) is 19.6. The molecule has 0 aromatic heterocycles. The number of hydrogen-bond acceptors (Lipinski definition) is 6. The number of ether oxygens (including phenoxy) is 3. The summed E-state index contributed by atoms with van der Waals surface area (Å²) in [4.78, 5) is 38.0. The van der Waals surface area contributed by atoms with E-state index in [9.17, 15) is 14.4 Å². The molecule has 0 heterocycles. The van der Waals surface area contributed by atoms with Gasteiger partial charge in [0.15, 0.2) is 6.10 Å². The van der Waals surface area contributed by atoms with Crippen molar-refractivity contribution in [3.8, 4) is 0 Å². The first kappa shape index (κ1) is 65.1. The van der Waals surface area contributed by atoms with Gasteiger partial charge in [0.25, 0.3) is 0 Å². The summed E-state index contributed by atoms with van der Waals surface area (Å²) in [5.41, 5.74) is 0. The fraction of sp³-hybridized carbons (Fsp3) is 0.790. The maximum atomic E-state index is 12.8. The Morgan fingerprint density at radius 3 is 0.853 bits per heavy atom. The van der Waals surface area contributed by atoms with E-state index in [2.05, 4.69) is 81.5 Å². The third-order valence-electron chi connectivity index (χ3n) is 12.7. The minimum atomic E-state index is -0.779. The van der Waals surface area contributed by atoms with Crippen molar-refractivity contribution >= 4 is 17.9 Å². The molecular weight excluding hydrogens is 841 g/mol. The molecule has 0 fully saturated rings. The van der Waals surface area contributed by atoms with Crippen molar-refractivity contribution in [3.05, 3.63) is 60.8 Å². The van der Waals surface area contributed by atoms with Gasteiger partial charge in [-0.05, 0) is 89.9 Å². The van der Waals surface area contributed by atoms with Crippen molar-refractivity contribution in [1.82, 2.24) is 0 Å². The van der Waals surface area contributed by atoms with Crippen LogP contribution < -0.4 is 0 Å². The first-order chi connectivity index (χ1) is 33.5. The van der Waals surface area contributed by atoms with Gasteiger partial charge in [0, 0.05) is 19.3 Å². The third kappa shape index (κ3) is 54.1. The number of hydrogen-bond donors (Lipinski definition) is 0. The quantitative estimate of drug-likeness (QED) is 0.0262. The lowest BCUT2D eigenvalue weighted by atomic mass is 10.0. The summed E-state index contributed by atoms with van der Waals surface area (Å²) in [5, 5.41) is 0. The summed E-state index contributed by atoms with van der Waals surface area (Å²) in [6, 6.07) is 0. The predicted molar refractivity (Wildman–Crippen MR) is 293 cm³/mol. The van der Waals surface area contributed by atoms with E-state index < -0.39 is 6.10 Å². The van der Waals surface area contributed by atoms with Gasteiger partial charge >= 0.3 is 17.9 Å². The second-order valence-electron chi connectivity index (χ2n) is 19.6. The van der Waals surface area contributed by atoms with Crippen molar-refractivity contribution in [2.45, 2.75) is 303 Å². The number of esters is 3. The van der Waals surface area contributed by atoms with Gasteiger partial charge in [-0.3, -0.25) is 14.4 Å². The van der Waals surface area contributed by atoms with Crippen LogP contribution in [0.4, 0.5) is 0 Å². The molecule has 0 amide bonds. The lowest BCUT2D eigenvalue weighted by molar-refractivity contribution is -0.167. The summed E-state index contributed by atoms with van der Waals surface area (Å²) in [7, 11) is 0. The highest BCUT2D eigenvalue weighted by Gasteiger charge is 2.19. The maximum Gasteiger partial charge on any atom is 0.306 e. The van der Waals surface area contributed by atoms with Crippen LogP contribution in [-0.2, 0) is 28.6 Å². The van der Waals surface area contributed by atoms with Crippen molar-refractivity contribution < 1.29 is 28.6 Å². The van der Waals surface area contributed by atoms with Crippen molar-refractivity contribution in [1.29, 1.82) is 0 Å². The summed E-state index contributed by atoms with van der Waals surface area (Å²) in [6.45, 7) is 6.58. The van der Waals surface area contributed by atoms with Gasteiger partial charge < -0.3 is 14.2 Å². The molecule has 1 atom stereocenters. The normalized spacial score (nSPS) is 12.5. The molecule has 68 heavy (non-hydrogen) atoms. The molecule has 0 N–H and O–H groups in total. The molecule has 394 valence electrons. The van der Waals surface area contributed by atoms with Crippen LogP contribution >= 0.6 is 0 Å². The summed E-state index contributed by atoms with van der Waals surface area (Å²) in [6.07, 6.45) is 70.8. The van der Waals surface area contributed by atoms with Crippen LogP contribution in [0.25, 0.3) is 0 Å². The Labute approximate surface area is 421 Å². The fourth-order valence-corrected chi connectivity index (χ4v) is 8.30. The largest absolute Gasteiger partial charge is 0.462 e. The van der Waals surface area contributed by atoms with Gasteiger partial charge in [0.05, 0.1) is 0 Å². The minimum absolute atomic E-state index is 0.0784. The van der Waals surface area contributed by atoms with E-state index in [-0.39, 0.29) is 31.1 Å². The van der Waals surface area contributed by atoms with E-state index in [0.717, 1.165) is 89.9 Å². The van der Waals surface area contributed by atoms with Crippen LogP contribution in [-0.4, -0.2) is 37.2 Å². The number of carbonyl (C=O) groups is 3. The molecule has 0 saturated carbocycles. The molecule has 0 rings (SSSR count). The Hall–Kier alpha value is -2.89. The van der Waals surface area contributed by atoms with Crippen LogP contribution in [0.5, 0.6) is 0 Å². The van der Waals surface area contributed by atoms with Crippen LogP contribution in [0, 0.1) is 0 Å². The molecule has 0 bridgehead atoms. The molecular formula is C62H110O6. The molecule has 0 aliphatic rings. The van der Waals surface area contributed by atoms with E-state index in [4.69, 9.17) is 14.2 Å². The van der Waals surface area contributed by atoms with Crippen LogP contribution in [0.15, 0.2) is 60.8 Å². The number of unbranched alkanes of at least 4 members (excludes halogenated alkanes) is 32. The topological polar surface area (TPSA) is 78.9 Å². The number of carbonyl (C=O) groups excluding carboxylic acids is 3. The van der Waals surface area contributed by atoms with Crippen LogP contribution in [0.2, 0.25) is 0 Å². The van der Waals surface area contributed by atoms with E-state index in [0.29, 0.717) is 19.3 Å². The standard InChI is InChI=1S/C62H110O6/c1-4-7-10-13-16-19-21-23-25-27-29-30-31-32-34-35-37-39-41-43-46-49-52-55-61(64)67-58-59(57-66-60(63)54-51-48-45-18-15-12-9-6-3)68-62(65)56-53-50-47-44-42-40-38-36-33-28-26-24-22-20-17-14-11-8-5-2/h17,20-21,23-24,26-27,29,33,36,59H,4-16,18-19,22,25,28,30-32,34-35,37-58H2,1-3H3/b20-17-,23-21-,26-24-,29-27-,36-33-. The van der Waals surface area contributed by atoms with Gasteiger partial charge in [0.1, 0.15) is 13.2 Å². The highest BCUT2D eigenvalue weighted by molar-refractivity contribution is 5.71. The molecule has 0 aliphatic carbocycles. The lowest BCUT2D eigenvalue weighted by Gasteiger charge is -2.18. The first-order valence-corrected chi connectivity index (χ1v) is 29.3. The van der Waals surface area contributed by atoms with Crippen LogP contribution in [0.1, 0.15) is 297 Å². The average Bonchev–Trinajstić information content (AvgIpc) is 3.34. The molecule has 0 radical (unpaired) electrons. The van der Waals surface area contributed by atoms with Crippen molar-refractivity contribution in [3.63, 3.8) is 0 Å². The Morgan fingerprint density at radius 2 is 0.529 bits per heavy atom. The zero-order chi connectivity index (χ0) is 49.3. The van der Waals surface area contributed by atoms with Gasteiger partial charge in [-0.25, -0.2) is 0 Å². The maximum absolute atomic E-state index is 12.8. The molecule has 0 aliphatic heterocycles. The smallest absolute Gasteiger partial charge is 0.306 e. The van der Waals surface area contributed by atoms with E-state index in [1.807, 2.05) is 0 Å². The third-order valence-corrected chi connectivity index (χ3v) is 12.7. The summed E-state index contributed by atoms with van der Waals surface area (Å²) in [5.74, 6) is -0.887.